The van der Waals surface area contributed by atoms with Crippen molar-refractivity contribution in [2.24, 2.45) is 0 Å². The highest BCUT2D eigenvalue weighted by molar-refractivity contribution is 6.31. The topological polar surface area (TPSA) is 55.8 Å². The number of hydrogen-bond donors (Lipinski definition) is 1. The first-order valence-corrected chi connectivity index (χ1v) is 11.1. The summed E-state index contributed by atoms with van der Waals surface area (Å²) in [6.07, 6.45) is 1.25. The summed E-state index contributed by atoms with van der Waals surface area (Å²) in [5, 5.41) is 11.9. The lowest BCUT2D eigenvalue weighted by Gasteiger charge is -2.19. The summed E-state index contributed by atoms with van der Waals surface area (Å²) >= 11 is 6.46. The molecule has 5 heteroatoms. The van der Waals surface area contributed by atoms with E-state index >= 15 is 0 Å². The molecular formula is C28H25ClO4. The predicted octanol–water partition coefficient (Wildman–Crippen LogP) is 6.46. The Balaban J connectivity index is 1.88. The zero-order valence-corrected chi connectivity index (χ0v) is 19.4. The number of fused-ring (bicyclic) bond motifs is 1. The molecule has 4 aromatic rings. The summed E-state index contributed by atoms with van der Waals surface area (Å²) in [5.41, 5.74) is 4.99. The summed E-state index contributed by atoms with van der Waals surface area (Å²) in [6.45, 7) is 1.53. The van der Waals surface area contributed by atoms with Crippen LogP contribution < -0.4 is 9.47 Å². The van der Waals surface area contributed by atoms with E-state index in [0.29, 0.717) is 17.2 Å². The summed E-state index contributed by atoms with van der Waals surface area (Å²) in [6, 6.07) is 24.1. The minimum absolute atomic E-state index is 0.412. The minimum Gasteiger partial charge on any atom is -0.496 e. The number of aliphatic carboxylic acids is 1. The Hall–Kier alpha value is -3.50. The van der Waals surface area contributed by atoms with Crippen molar-refractivity contribution in [2.45, 2.75) is 19.8 Å². The monoisotopic (exact) mass is 460 g/mol. The maximum atomic E-state index is 11.2. The van der Waals surface area contributed by atoms with Crippen LogP contribution in [0, 0.1) is 6.92 Å². The Kier molecular flexibility index (Phi) is 6.85. The van der Waals surface area contributed by atoms with E-state index in [-0.39, 0.29) is 0 Å². The summed E-state index contributed by atoms with van der Waals surface area (Å²) in [4.78, 5) is 11.2. The third-order valence-electron chi connectivity index (χ3n) is 5.68. The van der Waals surface area contributed by atoms with Crippen molar-refractivity contribution in [3.8, 4) is 11.5 Å². The zero-order chi connectivity index (χ0) is 23.4. The first-order valence-electron chi connectivity index (χ1n) is 10.7. The first-order chi connectivity index (χ1) is 16.0. The van der Waals surface area contributed by atoms with E-state index < -0.39 is 12.6 Å². The second kappa shape index (κ2) is 9.97. The lowest BCUT2D eigenvalue weighted by molar-refractivity contribution is -0.139. The minimum atomic E-state index is -1.02. The summed E-state index contributed by atoms with van der Waals surface area (Å²) in [7, 11) is 1.67. The van der Waals surface area contributed by atoms with E-state index in [1.54, 1.807) is 7.11 Å². The second-order valence-corrected chi connectivity index (χ2v) is 8.41. The average molecular weight is 461 g/mol. The quantitative estimate of drug-likeness (QED) is 0.328. The molecule has 0 spiro atoms. The molecule has 168 valence electrons. The highest BCUT2D eigenvalue weighted by Crippen LogP contribution is 2.38. The molecule has 0 heterocycles. The molecule has 33 heavy (non-hydrogen) atoms. The number of carboxylic acid groups (broad SMARTS) is 1. The van der Waals surface area contributed by atoms with Crippen molar-refractivity contribution < 1.29 is 19.4 Å². The third kappa shape index (κ3) is 5.12. The molecule has 0 aliphatic heterocycles. The molecule has 0 unspecified atom stereocenters. The SMILES string of the molecule is COc1cc2c(Cc3ccccc3Cl)c(OCC(=O)O)c(C)cc2cc1Cc1ccccc1. The highest BCUT2D eigenvalue weighted by atomic mass is 35.5. The van der Waals surface area contributed by atoms with Gasteiger partial charge in [0.05, 0.1) is 7.11 Å². The summed E-state index contributed by atoms with van der Waals surface area (Å²) in [5.74, 6) is 0.330. The van der Waals surface area contributed by atoms with Gasteiger partial charge < -0.3 is 14.6 Å². The van der Waals surface area contributed by atoms with Gasteiger partial charge in [0, 0.05) is 23.4 Å². The van der Waals surface area contributed by atoms with Gasteiger partial charge in [0.2, 0.25) is 0 Å². The number of benzene rings is 4. The molecule has 0 amide bonds. The van der Waals surface area contributed by atoms with Crippen molar-refractivity contribution in [2.75, 3.05) is 13.7 Å². The Morgan fingerprint density at radius 2 is 1.67 bits per heavy atom. The maximum absolute atomic E-state index is 11.2. The van der Waals surface area contributed by atoms with Gasteiger partial charge in [0.25, 0.3) is 0 Å². The molecule has 4 nitrogen and oxygen atoms in total. The van der Waals surface area contributed by atoms with Crippen molar-refractivity contribution in [3.05, 3.63) is 106 Å². The number of carbonyl (C=O) groups is 1. The van der Waals surface area contributed by atoms with Crippen LogP contribution in [0.5, 0.6) is 11.5 Å². The van der Waals surface area contributed by atoms with E-state index in [2.05, 4.69) is 18.2 Å². The van der Waals surface area contributed by atoms with Gasteiger partial charge in [-0.05, 0) is 64.2 Å². The lowest BCUT2D eigenvalue weighted by Crippen LogP contribution is -2.12. The van der Waals surface area contributed by atoms with Gasteiger partial charge in [-0.1, -0.05) is 60.1 Å². The number of halogens is 1. The van der Waals surface area contributed by atoms with E-state index in [0.717, 1.165) is 45.2 Å². The second-order valence-electron chi connectivity index (χ2n) is 8.00. The highest BCUT2D eigenvalue weighted by Gasteiger charge is 2.18. The van der Waals surface area contributed by atoms with Crippen molar-refractivity contribution in [1.82, 2.24) is 0 Å². The van der Waals surface area contributed by atoms with Crippen molar-refractivity contribution in [3.63, 3.8) is 0 Å². The zero-order valence-electron chi connectivity index (χ0n) is 18.6. The number of methoxy groups -OCH3 is 1. The van der Waals surface area contributed by atoms with Crippen LogP contribution in [0.25, 0.3) is 10.8 Å². The van der Waals surface area contributed by atoms with Gasteiger partial charge in [-0.3, -0.25) is 0 Å². The van der Waals surface area contributed by atoms with Crippen LogP contribution >= 0.6 is 11.6 Å². The number of hydrogen-bond acceptors (Lipinski definition) is 3. The van der Waals surface area contributed by atoms with Crippen LogP contribution in [0.2, 0.25) is 5.02 Å². The molecule has 0 saturated heterocycles. The van der Waals surface area contributed by atoms with Crippen molar-refractivity contribution >= 4 is 28.3 Å². The molecule has 0 radical (unpaired) electrons. The normalized spacial score (nSPS) is 10.9. The van der Waals surface area contributed by atoms with Gasteiger partial charge in [-0.25, -0.2) is 4.79 Å². The van der Waals surface area contributed by atoms with Crippen LogP contribution in [0.3, 0.4) is 0 Å². The van der Waals surface area contributed by atoms with Gasteiger partial charge in [-0.2, -0.15) is 0 Å². The molecule has 4 aromatic carbocycles. The Morgan fingerprint density at radius 3 is 2.36 bits per heavy atom. The van der Waals surface area contributed by atoms with Crippen LogP contribution in [-0.4, -0.2) is 24.8 Å². The van der Waals surface area contributed by atoms with E-state index in [4.69, 9.17) is 21.1 Å². The number of rotatable bonds is 8. The van der Waals surface area contributed by atoms with Crippen LogP contribution in [-0.2, 0) is 17.6 Å². The molecule has 0 saturated carbocycles. The Labute approximate surface area is 198 Å². The largest absolute Gasteiger partial charge is 0.496 e. The van der Waals surface area contributed by atoms with Crippen LogP contribution in [0.15, 0.2) is 72.8 Å². The van der Waals surface area contributed by atoms with Gasteiger partial charge in [0.1, 0.15) is 11.5 Å². The molecule has 0 bridgehead atoms. The number of aryl methyl sites for hydroxylation is 1. The van der Waals surface area contributed by atoms with E-state index in [1.807, 2.05) is 61.5 Å². The van der Waals surface area contributed by atoms with E-state index in [9.17, 15) is 9.90 Å². The molecular weight excluding hydrogens is 436 g/mol. The molecule has 0 fully saturated rings. The van der Waals surface area contributed by atoms with Gasteiger partial charge in [-0.15, -0.1) is 0 Å². The fourth-order valence-electron chi connectivity index (χ4n) is 4.17. The fourth-order valence-corrected chi connectivity index (χ4v) is 4.37. The third-order valence-corrected chi connectivity index (χ3v) is 6.05. The molecule has 4 rings (SSSR count). The van der Waals surface area contributed by atoms with Crippen LogP contribution in [0.1, 0.15) is 27.8 Å². The average Bonchev–Trinajstić information content (AvgIpc) is 2.80. The lowest BCUT2D eigenvalue weighted by atomic mass is 9.92. The molecule has 0 aliphatic rings. The van der Waals surface area contributed by atoms with Crippen LogP contribution in [0.4, 0.5) is 0 Å². The molecule has 0 aliphatic carbocycles. The van der Waals surface area contributed by atoms with Gasteiger partial charge in [0.15, 0.2) is 6.61 Å². The van der Waals surface area contributed by atoms with Gasteiger partial charge >= 0.3 is 5.97 Å². The molecule has 0 aromatic heterocycles. The predicted molar refractivity (Wildman–Crippen MR) is 132 cm³/mol. The maximum Gasteiger partial charge on any atom is 0.341 e. The standard InChI is InChI=1S/C28H25ClO4/c1-18-12-21-14-22(13-19-8-4-3-5-9-19)26(32-2)16-23(21)24(28(18)33-17-27(30)31)15-20-10-6-7-11-25(20)29/h3-12,14,16H,13,15,17H2,1-2H3,(H,30,31). The summed E-state index contributed by atoms with van der Waals surface area (Å²) < 4.78 is 11.5. The smallest absolute Gasteiger partial charge is 0.341 e. The Bertz CT molecular complexity index is 1300. The Morgan fingerprint density at radius 1 is 0.939 bits per heavy atom. The van der Waals surface area contributed by atoms with E-state index in [1.165, 1.54) is 5.56 Å². The van der Waals surface area contributed by atoms with Crippen molar-refractivity contribution in [1.29, 1.82) is 0 Å². The number of carboxylic acids is 1. The first kappa shape index (κ1) is 22.7. The number of ether oxygens (including phenoxy) is 2. The fraction of sp³-hybridized carbons (Fsp3) is 0.179. The molecule has 0 atom stereocenters. The molecule has 1 N–H and O–H groups in total.